The number of carbonyl (C=O) groups is 4. The van der Waals surface area contributed by atoms with Crippen LogP contribution in [0.4, 0.5) is 0 Å². The number of ketones is 1. The topological polar surface area (TPSA) is 110 Å². The van der Waals surface area contributed by atoms with Crippen molar-refractivity contribution in [1.82, 2.24) is 5.48 Å². The monoisotopic (exact) mass is 303 g/mol. The standard InChI is InChI=1S/C12H17NO6S/c1-7(14)13-19-11(16)2-3-20-6-9-4-8(12(17)18)5-10(9)15/h8-9H,2-6H2,1H3,(H,13,14)(H,17,18)/t8?,9-/m0/s1. The van der Waals surface area contributed by atoms with Gasteiger partial charge in [-0.3, -0.25) is 14.4 Å². The van der Waals surface area contributed by atoms with Crippen LogP contribution in [0.2, 0.25) is 0 Å². The zero-order chi connectivity index (χ0) is 15.1. The fourth-order valence-electron chi connectivity index (χ4n) is 1.88. The van der Waals surface area contributed by atoms with Gasteiger partial charge in [-0.05, 0) is 6.42 Å². The van der Waals surface area contributed by atoms with Crippen LogP contribution < -0.4 is 5.48 Å². The highest BCUT2D eigenvalue weighted by Gasteiger charge is 2.36. The van der Waals surface area contributed by atoms with Crippen LogP contribution in [0.1, 0.15) is 26.2 Å². The van der Waals surface area contributed by atoms with Gasteiger partial charge in [0.1, 0.15) is 5.78 Å². The molecular weight excluding hydrogens is 286 g/mol. The summed E-state index contributed by atoms with van der Waals surface area (Å²) in [7, 11) is 0. The van der Waals surface area contributed by atoms with Crippen molar-refractivity contribution in [2.24, 2.45) is 11.8 Å². The van der Waals surface area contributed by atoms with Crippen molar-refractivity contribution in [1.29, 1.82) is 0 Å². The van der Waals surface area contributed by atoms with Crippen LogP contribution in [0.3, 0.4) is 0 Å². The van der Waals surface area contributed by atoms with Crippen molar-refractivity contribution in [3.05, 3.63) is 0 Å². The van der Waals surface area contributed by atoms with E-state index in [9.17, 15) is 19.2 Å². The molecule has 1 unspecified atom stereocenters. The maximum absolute atomic E-state index is 11.6. The average molecular weight is 303 g/mol. The first-order valence-electron chi connectivity index (χ1n) is 6.19. The largest absolute Gasteiger partial charge is 0.481 e. The Bertz CT molecular complexity index is 411. The van der Waals surface area contributed by atoms with Gasteiger partial charge < -0.3 is 9.94 Å². The maximum Gasteiger partial charge on any atom is 0.333 e. The summed E-state index contributed by atoms with van der Waals surface area (Å²) in [5.74, 6) is -1.80. The number of aliphatic carboxylic acids is 1. The van der Waals surface area contributed by atoms with Crippen LogP contribution in [0, 0.1) is 11.8 Å². The minimum atomic E-state index is -0.926. The molecule has 1 fully saturated rings. The molecule has 2 N–H and O–H groups in total. The lowest BCUT2D eigenvalue weighted by atomic mass is 10.1. The second kappa shape index (κ2) is 7.88. The highest BCUT2D eigenvalue weighted by molar-refractivity contribution is 7.99. The summed E-state index contributed by atoms with van der Waals surface area (Å²) < 4.78 is 0. The number of carboxylic acids is 1. The zero-order valence-corrected chi connectivity index (χ0v) is 11.9. The number of thioether (sulfide) groups is 1. The molecule has 0 radical (unpaired) electrons. The number of nitrogens with one attached hydrogen (secondary N) is 1. The van der Waals surface area contributed by atoms with Crippen LogP contribution in [-0.4, -0.2) is 40.2 Å². The second-order valence-electron chi connectivity index (χ2n) is 4.60. The van der Waals surface area contributed by atoms with Crippen molar-refractivity contribution in [3.63, 3.8) is 0 Å². The fraction of sp³-hybridized carbons (Fsp3) is 0.667. The molecule has 20 heavy (non-hydrogen) atoms. The van der Waals surface area contributed by atoms with Gasteiger partial charge in [-0.25, -0.2) is 4.79 Å². The van der Waals surface area contributed by atoms with Crippen molar-refractivity contribution in [2.75, 3.05) is 11.5 Å². The molecular formula is C12H17NO6S. The molecule has 0 aliphatic heterocycles. The third-order valence-corrected chi connectivity index (χ3v) is 4.03. The van der Waals surface area contributed by atoms with Crippen LogP contribution in [0.5, 0.6) is 0 Å². The van der Waals surface area contributed by atoms with E-state index >= 15 is 0 Å². The Balaban J connectivity index is 2.15. The molecule has 0 bridgehead atoms. The summed E-state index contributed by atoms with van der Waals surface area (Å²) in [6.45, 7) is 1.23. The Labute approximate surface area is 120 Å². The first-order valence-corrected chi connectivity index (χ1v) is 7.35. The van der Waals surface area contributed by atoms with Gasteiger partial charge >= 0.3 is 11.9 Å². The van der Waals surface area contributed by atoms with E-state index in [0.717, 1.165) is 0 Å². The molecule has 1 saturated carbocycles. The molecule has 1 aliphatic carbocycles. The van der Waals surface area contributed by atoms with Crippen LogP contribution in [0.25, 0.3) is 0 Å². The fourth-order valence-corrected chi connectivity index (χ4v) is 2.96. The summed E-state index contributed by atoms with van der Waals surface area (Å²) in [5.41, 5.74) is 1.94. The summed E-state index contributed by atoms with van der Waals surface area (Å²) >= 11 is 1.40. The van der Waals surface area contributed by atoms with Crippen molar-refractivity contribution in [2.45, 2.75) is 26.2 Å². The minimum Gasteiger partial charge on any atom is -0.481 e. The Kier molecular flexibility index (Phi) is 6.50. The molecule has 1 aliphatic rings. The lowest BCUT2D eigenvalue weighted by Gasteiger charge is -2.07. The Morgan fingerprint density at radius 3 is 2.70 bits per heavy atom. The van der Waals surface area contributed by atoms with Gasteiger partial charge in [0.2, 0.25) is 5.91 Å². The lowest BCUT2D eigenvalue weighted by Crippen LogP contribution is -2.24. The van der Waals surface area contributed by atoms with E-state index in [0.29, 0.717) is 17.9 Å². The number of hydroxylamine groups is 1. The van der Waals surface area contributed by atoms with E-state index in [1.807, 2.05) is 5.48 Å². The molecule has 8 heteroatoms. The summed E-state index contributed by atoms with van der Waals surface area (Å²) in [5, 5.41) is 8.84. The first-order chi connectivity index (χ1) is 9.40. The average Bonchev–Trinajstić information content (AvgIpc) is 2.74. The van der Waals surface area contributed by atoms with Gasteiger partial charge in [0.25, 0.3) is 0 Å². The van der Waals surface area contributed by atoms with Gasteiger partial charge in [-0.15, -0.1) is 0 Å². The van der Waals surface area contributed by atoms with Crippen molar-refractivity contribution < 1.29 is 29.1 Å². The van der Waals surface area contributed by atoms with E-state index in [-0.39, 0.29) is 24.5 Å². The van der Waals surface area contributed by atoms with Gasteiger partial charge in [0.15, 0.2) is 0 Å². The predicted molar refractivity (Wildman–Crippen MR) is 70.7 cm³/mol. The zero-order valence-electron chi connectivity index (χ0n) is 11.1. The van der Waals surface area contributed by atoms with E-state index in [1.165, 1.54) is 18.7 Å². The molecule has 1 rings (SSSR count). The second-order valence-corrected chi connectivity index (χ2v) is 5.75. The Morgan fingerprint density at radius 1 is 1.45 bits per heavy atom. The number of hydrogen-bond donors (Lipinski definition) is 2. The van der Waals surface area contributed by atoms with Crippen molar-refractivity contribution >= 4 is 35.4 Å². The lowest BCUT2D eigenvalue weighted by molar-refractivity contribution is -0.157. The molecule has 2 atom stereocenters. The van der Waals surface area contributed by atoms with Gasteiger partial charge in [0.05, 0.1) is 12.3 Å². The molecule has 7 nitrogen and oxygen atoms in total. The molecule has 0 aromatic carbocycles. The molecule has 1 amide bonds. The summed E-state index contributed by atoms with van der Waals surface area (Å²) in [6.07, 6.45) is 0.594. The van der Waals surface area contributed by atoms with E-state index in [4.69, 9.17) is 5.11 Å². The Morgan fingerprint density at radius 2 is 2.15 bits per heavy atom. The SMILES string of the molecule is CC(=O)NOC(=O)CCSC[C@@H]1CC(C(=O)O)CC1=O. The highest BCUT2D eigenvalue weighted by atomic mass is 32.2. The van der Waals surface area contributed by atoms with Gasteiger partial charge in [-0.1, -0.05) is 0 Å². The number of amides is 1. The minimum absolute atomic E-state index is 0.0225. The van der Waals surface area contributed by atoms with E-state index in [2.05, 4.69) is 4.84 Å². The van der Waals surface area contributed by atoms with Crippen LogP contribution in [0.15, 0.2) is 0 Å². The van der Waals surface area contributed by atoms with Gasteiger partial charge in [-0.2, -0.15) is 17.2 Å². The predicted octanol–water partition coefficient (Wildman–Crippen LogP) is 0.384. The third kappa shape index (κ3) is 5.60. The molecule has 0 saturated heterocycles. The quantitative estimate of drug-likeness (QED) is 0.539. The maximum atomic E-state index is 11.6. The summed E-state index contributed by atoms with van der Waals surface area (Å²) in [4.78, 5) is 48.5. The smallest absolute Gasteiger partial charge is 0.333 e. The van der Waals surface area contributed by atoms with Crippen LogP contribution >= 0.6 is 11.8 Å². The van der Waals surface area contributed by atoms with E-state index in [1.54, 1.807) is 0 Å². The van der Waals surface area contributed by atoms with E-state index < -0.39 is 23.8 Å². The number of rotatable bonds is 6. The summed E-state index contributed by atoms with van der Waals surface area (Å²) in [6, 6.07) is 0. The number of hydrogen-bond acceptors (Lipinski definition) is 6. The Hall–Kier alpha value is -1.57. The number of carbonyl (C=O) groups excluding carboxylic acids is 3. The van der Waals surface area contributed by atoms with Gasteiger partial charge in [0, 0.05) is 30.8 Å². The highest BCUT2D eigenvalue weighted by Crippen LogP contribution is 2.30. The third-order valence-electron chi connectivity index (χ3n) is 2.90. The molecule has 112 valence electrons. The van der Waals surface area contributed by atoms with Crippen LogP contribution in [-0.2, 0) is 24.0 Å². The molecule has 0 aromatic heterocycles. The number of carboxylic acid groups (broad SMARTS) is 1. The van der Waals surface area contributed by atoms with Crippen molar-refractivity contribution in [3.8, 4) is 0 Å². The molecule has 0 spiro atoms. The number of Topliss-reactive ketones (excluding diaryl/α,β-unsaturated/α-hetero) is 1. The first kappa shape index (κ1) is 16.5. The molecule has 0 heterocycles. The molecule has 0 aromatic rings. The normalized spacial score (nSPS) is 21.6.